The molecule has 1 aromatic carbocycles. The van der Waals surface area contributed by atoms with Crippen LogP contribution in [0, 0.1) is 11.8 Å². The summed E-state index contributed by atoms with van der Waals surface area (Å²) < 4.78 is 0. The molecular weight excluding hydrogens is 218 g/mol. The molecule has 0 saturated heterocycles. The first-order valence-electron chi connectivity index (χ1n) is 4.86. The van der Waals surface area contributed by atoms with E-state index in [4.69, 9.17) is 5.11 Å². The third kappa shape index (κ3) is 4.67. The Morgan fingerprint density at radius 3 is 2.82 bits per heavy atom. The molecule has 0 unspecified atom stereocenters. The normalized spacial score (nSPS) is 9.47. The summed E-state index contributed by atoms with van der Waals surface area (Å²) in [5, 5.41) is 11.1. The van der Waals surface area contributed by atoms with Crippen molar-refractivity contribution in [2.75, 3.05) is 5.32 Å². The lowest BCUT2D eigenvalue weighted by Crippen LogP contribution is -2.08. The van der Waals surface area contributed by atoms with Gasteiger partial charge in [0.25, 0.3) is 5.91 Å². The molecule has 0 aromatic heterocycles. The van der Waals surface area contributed by atoms with Gasteiger partial charge in [0, 0.05) is 11.8 Å². The van der Waals surface area contributed by atoms with Crippen LogP contribution in [0.15, 0.2) is 30.3 Å². The first-order chi connectivity index (χ1) is 8.11. The van der Waals surface area contributed by atoms with Crippen LogP contribution in [-0.2, 0) is 9.59 Å². The second kappa shape index (κ2) is 6.13. The average molecular weight is 229 g/mol. The fourth-order valence-electron chi connectivity index (χ4n) is 1.16. The number of rotatable bonds is 3. The smallest absolute Gasteiger partial charge is 0.328 e. The van der Waals surface area contributed by atoms with Crippen LogP contribution in [0.3, 0.4) is 0 Å². The molecule has 4 nitrogen and oxygen atoms in total. The van der Waals surface area contributed by atoms with Gasteiger partial charge in [0.2, 0.25) is 0 Å². The minimum atomic E-state index is -1.02. The van der Waals surface area contributed by atoms with Crippen LogP contribution in [0.2, 0.25) is 0 Å². The Kier molecular flexibility index (Phi) is 4.52. The Labute approximate surface area is 99.0 Å². The van der Waals surface area contributed by atoms with Gasteiger partial charge in [-0.3, -0.25) is 4.79 Å². The highest BCUT2D eigenvalue weighted by Gasteiger charge is 1.98. The summed E-state index contributed by atoms with van der Waals surface area (Å²) in [5.41, 5.74) is 1.26. The number of carboxylic acid groups (broad SMARTS) is 1. The zero-order chi connectivity index (χ0) is 12.7. The van der Waals surface area contributed by atoms with Gasteiger partial charge in [0.05, 0.1) is 0 Å². The number of aliphatic carboxylic acids is 1. The molecule has 0 bridgehead atoms. The molecule has 1 rings (SSSR count). The number of carbonyl (C=O) groups is 2. The first-order valence-corrected chi connectivity index (χ1v) is 4.86. The van der Waals surface area contributed by atoms with Crippen molar-refractivity contribution < 1.29 is 14.7 Å². The van der Waals surface area contributed by atoms with Gasteiger partial charge in [0.1, 0.15) is 0 Å². The van der Waals surface area contributed by atoms with Gasteiger partial charge in [0.15, 0.2) is 0 Å². The minimum Gasteiger partial charge on any atom is -0.478 e. The number of benzene rings is 1. The Morgan fingerprint density at radius 2 is 2.18 bits per heavy atom. The third-order valence-electron chi connectivity index (χ3n) is 1.80. The predicted octanol–water partition coefficient (Wildman–Crippen LogP) is 1.75. The lowest BCUT2D eigenvalue weighted by atomic mass is 10.2. The molecule has 0 aliphatic rings. The van der Waals surface area contributed by atoms with E-state index in [-0.39, 0.29) is 0 Å². The maximum Gasteiger partial charge on any atom is 0.328 e. The highest BCUT2D eigenvalue weighted by molar-refractivity contribution is 6.04. The summed E-state index contributed by atoms with van der Waals surface area (Å²) in [5.74, 6) is 3.43. The van der Waals surface area contributed by atoms with Gasteiger partial charge in [-0.1, -0.05) is 18.1 Å². The van der Waals surface area contributed by atoms with E-state index in [1.807, 2.05) is 0 Å². The van der Waals surface area contributed by atoms with Crippen molar-refractivity contribution in [1.82, 2.24) is 0 Å². The zero-order valence-electron chi connectivity index (χ0n) is 9.23. The molecule has 0 radical (unpaired) electrons. The number of nitrogens with one attached hydrogen (secondary N) is 1. The van der Waals surface area contributed by atoms with Crippen LogP contribution >= 0.6 is 0 Å². The molecule has 4 heteroatoms. The van der Waals surface area contributed by atoms with Crippen molar-refractivity contribution in [3.8, 4) is 11.8 Å². The number of anilines is 1. The fraction of sp³-hybridized carbons (Fsp3) is 0.0769. The van der Waals surface area contributed by atoms with Crippen LogP contribution in [0.4, 0.5) is 5.69 Å². The second-order valence-electron chi connectivity index (χ2n) is 3.13. The van der Waals surface area contributed by atoms with Gasteiger partial charge in [-0.25, -0.2) is 4.79 Å². The van der Waals surface area contributed by atoms with Crippen molar-refractivity contribution in [2.45, 2.75) is 6.92 Å². The molecule has 0 spiro atoms. The van der Waals surface area contributed by atoms with Crippen LogP contribution in [-0.4, -0.2) is 17.0 Å². The lowest BCUT2D eigenvalue weighted by Gasteiger charge is -2.01. The molecular formula is C13H11NO3. The summed E-state index contributed by atoms with van der Waals surface area (Å²) in [4.78, 5) is 21.5. The third-order valence-corrected chi connectivity index (χ3v) is 1.80. The van der Waals surface area contributed by atoms with Gasteiger partial charge < -0.3 is 10.4 Å². The highest BCUT2D eigenvalue weighted by Crippen LogP contribution is 2.11. The number of carbonyl (C=O) groups excluding carboxylic acids is 1. The van der Waals surface area contributed by atoms with E-state index in [2.05, 4.69) is 17.2 Å². The summed E-state index contributed by atoms with van der Waals surface area (Å²) in [6.45, 7) is 1.58. The Balaban J connectivity index is 2.81. The van der Waals surface area contributed by atoms with Gasteiger partial charge >= 0.3 is 5.97 Å². The average Bonchev–Trinajstić information content (AvgIpc) is 2.27. The predicted molar refractivity (Wildman–Crippen MR) is 65.2 cm³/mol. The lowest BCUT2D eigenvalue weighted by molar-refractivity contribution is -0.131. The van der Waals surface area contributed by atoms with Gasteiger partial charge in [-0.05, 0) is 36.6 Å². The van der Waals surface area contributed by atoms with Crippen molar-refractivity contribution in [3.05, 3.63) is 35.9 Å². The standard InChI is InChI=1S/C13H11NO3/c1-2-4-12(15)14-11-6-3-5-10(9-11)7-8-13(16)17/h3,5-9H,1H3,(H,14,15)(H,16,17)/b8-7+. The van der Waals surface area contributed by atoms with Crippen LogP contribution in [0.1, 0.15) is 12.5 Å². The highest BCUT2D eigenvalue weighted by atomic mass is 16.4. The van der Waals surface area contributed by atoms with Gasteiger partial charge in [-0.15, -0.1) is 0 Å². The molecule has 1 amide bonds. The van der Waals surface area contributed by atoms with E-state index >= 15 is 0 Å². The number of hydrogen-bond donors (Lipinski definition) is 2. The molecule has 86 valence electrons. The number of hydrogen-bond acceptors (Lipinski definition) is 2. The van der Waals surface area contributed by atoms with Crippen molar-refractivity contribution in [1.29, 1.82) is 0 Å². The first kappa shape index (κ1) is 12.5. The molecule has 0 atom stereocenters. The van der Waals surface area contributed by atoms with E-state index in [9.17, 15) is 9.59 Å². The summed E-state index contributed by atoms with van der Waals surface area (Å²) in [6.07, 6.45) is 2.48. The van der Waals surface area contributed by atoms with Crippen molar-refractivity contribution >= 4 is 23.6 Å². The molecule has 2 N–H and O–H groups in total. The summed E-state index contributed by atoms with van der Waals surface area (Å²) >= 11 is 0. The van der Waals surface area contributed by atoms with Crippen LogP contribution < -0.4 is 5.32 Å². The molecule has 0 aliphatic carbocycles. The molecule has 0 heterocycles. The molecule has 0 aliphatic heterocycles. The molecule has 17 heavy (non-hydrogen) atoms. The topological polar surface area (TPSA) is 66.4 Å². The summed E-state index contributed by atoms with van der Waals surface area (Å²) in [7, 11) is 0. The second-order valence-corrected chi connectivity index (χ2v) is 3.13. The fourth-order valence-corrected chi connectivity index (χ4v) is 1.16. The largest absolute Gasteiger partial charge is 0.478 e. The molecule has 0 fully saturated rings. The zero-order valence-corrected chi connectivity index (χ0v) is 9.23. The van der Waals surface area contributed by atoms with E-state index in [1.165, 1.54) is 6.08 Å². The maximum absolute atomic E-state index is 11.2. The van der Waals surface area contributed by atoms with Crippen LogP contribution in [0.25, 0.3) is 6.08 Å². The Morgan fingerprint density at radius 1 is 1.41 bits per heavy atom. The van der Waals surface area contributed by atoms with E-state index in [0.717, 1.165) is 6.08 Å². The van der Waals surface area contributed by atoms with Crippen molar-refractivity contribution in [2.24, 2.45) is 0 Å². The van der Waals surface area contributed by atoms with E-state index < -0.39 is 11.9 Å². The van der Waals surface area contributed by atoms with E-state index in [1.54, 1.807) is 31.2 Å². The SMILES string of the molecule is CC#CC(=O)Nc1cccc(/C=C/C(=O)O)c1. The van der Waals surface area contributed by atoms with Crippen LogP contribution in [0.5, 0.6) is 0 Å². The van der Waals surface area contributed by atoms with Crippen molar-refractivity contribution in [3.63, 3.8) is 0 Å². The summed E-state index contributed by atoms with van der Waals surface area (Å²) in [6, 6.07) is 6.82. The number of carboxylic acids is 1. The minimum absolute atomic E-state index is 0.396. The Bertz CT molecular complexity index is 521. The maximum atomic E-state index is 11.2. The quantitative estimate of drug-likeness (QED) is 0.613. The Hall–Kier alpha value is -2.54. The number of amides is 1. The van der Waals surface area contributed by atoms with Gasteiger partial charge in [-0.2, -0.15) is 0 Å². The van der Waals surface area contributed by atoms with E-state index in [0.29, 0.717) is 11.3 Å². The monoisotopic (exact) mass is 229 g/mol. The molecule has 0 saturated carbocycles. The molecule has 1 aromatic rings.